The monoisotopic (exact) mass is 499 g/mol. The van der Waals surface area contributed by atoms with Crippen LogP contribution in [0.25, 0.3) is 11.1 Å². The van der Waals surface area contributed by atoms with E-state index in [2.05, 4.69) is 6.58 Å². The zero-order chi connectivity index (χ0) is 25.5. The number of nitrogens with two attached hydrogens (primary N) is 1. The van der Waals surface area contributed by atoms with Crippen molar-refractivity contribution in [2.45, 2.75) is 26.2 Å². The first-order valence-electron chi connectivity index (χ1n) is 12.0. The van der Waals surface area contributed by atoms with Gasteiger partial charge in [0.25, 0.3) is 0 Å². The van der Waals surface area contributed by atoms with Gasteiger partial charge >= 0.3 is 6.09 Å². The molecule has 0 spiro atoms. The summed E-state index contributed by atoms with van der Waals surface area (Å²) in [5.74, 6) is 0.533. The summed E-state index contributed by atoms with van der Waals surface area (Å²) in [5.41, 5.74) is 11.7. The van der Waals surface area contributed by atoms with Gasteiger partial charge in [-0.25, -0.2) is 9.79 Å². The van der Waals surface area contributed by atoms with E-state index in [-0.39, 0.29) is 6.09 Å². The summed E-state index contributed by atoms with van der Waals surface area (Å²) in [6.45, 7) is 7.28. The minimum Gasteiger partial charge on any atom is -0.410 e. The van der Waals surface area contributed by atoms with Gasteiger partial charge in [0.1, 0.15) is 5.75 Å². The lowest BCUT2D eigenvalue weighted by Gasteiger charge is -2.25. The molecule has 0 aliphatic carbocycles. The average Bonchev–Trinajstić information content (AvgIpc) is 2.90. The topological polar surface area (TPSA) is 67.9 Å². The molecule has 1 fully saturated rings. The Morgan fingerprint density at radius 2 is 1.72 bits per heavy atom. The van der Waals surface area contributed by atoms with Crippen molar-refractivity contribution in [1.82, 2.24) is 4.90 Å². The van der Waals surface area contributed by atoms with E-state index in [0.717, 1.165) is 54.6 Å². The number of aliphatic imine (C=N–C) groups is 1. The summed E-state index contributed by atoms with van der Waals surface area (Å²) >= 11 is 6.35. The quantitative estimate of drug-likeness (QED) is 0.281. The van der Waals surface area contributed by atoms with Gasteiger partial charge < -0.3 is 15.4 Å². The first kappa shape index (κ1) is 25.3. The molecule has 0 unspecified atom stereocenters. The predicted octanol–water partition coefficient (Wildman–Crippen LogP) is 7.53. The molecule has 1 aliphatic heterocycles. The van der Waals surface area contributed by atoms with Crippen LogP contribution in [-0.4, -0.2) is 29.8 Å². The van der Waals surface area contributed by atoms with Crippen molar-refractivity contribution in [3.8, 4) is 16.9 Å². The maximum Gasteiger partial charge on any atom is 0.415 e. The summed E-state index contributed by atoms with van der Waals surface area (Å²) in [7, 11) is 0. The van der Waals surface area contributed by atoms with E-state index in [9.17, 15) is 4.79 Å². The van der Waals surface area contributed by atoms with Crippen molar-refractivity contribution in [3.05, 3.63) is 107 Å². The molecule has 0 aromatic heterocycles. The highest BCUT2D eigenvalue weighted by molar-refractivity contribution is 6.33. The highest BCUT2D eigenvalue weighted by Crippen LogP contribution is 2.28. The van der Waals surface area contributed by atoms with Gasteiger partial charge in [0.15, 0.2) is 0 Å². The van der Waals surface area contributed by atoms with E-state index >= 15 is 0 Å². The number of para-hydroxylation sites is 1. The standard InChI is InChI=1S/C30H30ClN3O2/c1-21(2)27(32)20-29(33-28-12-5-4-11-26(28)31)23-15-13-22(14-16-23)24-9-8-10-25(19-24)36-30(35)34-17-6-3-7-18-34/h4-5,8-16,19-20H,1,3,6-7,17-18,32H2,2H3. The lowest BCUT2D eigenvalue weighted by atomic mass is 10.0. The predicted molar refractivity (Wildman–Crippen MR) is 148 cm³/mol. The van der Waals surface area contributed by atoms with Crippen molar-refractivity contribution in [1.29, 1.82) is 0 Å². The number of nitrogens with zero attached hydrogens (tertiary/aromatic N) is 2. The average molecular weight is 500 g/mol. The number of rotatable bonds is 6. The maximum atomic E-state index is 12.5. The third-order valence-electron chi connectivity index (χ3n) is 6.05. The van der Waals surface area contributed by atoms with Crippen LogP contribution >= 0.6 is 11.6 Å². The van der Waals surface area contributed by atoms with Crippen LogP contribution in [0.3, 0.4) is 0 Å². The number of allylic oxidation sites excluding steroid dienone is 2. The number of hydrogen-bond donors (Lipinski definition) is 1. The maximum absolute atomic E-state index is 12.5. The van der Waals surface area contributed by atoms with Crippen LogP contribution in [0.4, 0.5) is 10.5 Å². The SMILES string of the molecule is C=C(C)C(N)=CC(=Nc1ccccc1Cl)c1ccc(-c2cccc(OC(=O)N3CCCCC3)c2)cc1. The number of halogens is 1. The summed E-state index contributed by atoms with van der Waals surface area (Å²) < 4.78 is 5.65. The Morgan fingerprint density at radius 1 is 1.00 bits per heavy atom. The molecular formula is C30H30ClN3O2. The van der Waals surface area contributed by atoms with Gasteiger partial charge in [0.2, 0.25) is 0 Å². The van der Waals surface area contributed by atoms with E-state index in [0.29, 0.717) is 27.9 Å². The molecule has 3 aromatic rings. The van der Waals surface area contributed by atoms with Crippen LogP contribution in [0, 0.1) is 0 Å². The van der Waals surface area contributed by atoms with Crippen LogP contribution in [0.5, 0.6) is 5.75 Å². The van der Waals surface area contributed by atoms with Gasteiger partial charge in [-0.2, -0.15) is 0 Å². The number of carbonyl (C=O) groups is 1. The smallest absolute Gasteiger partial charge is 0.410 e. The lowest BCUT2D eigenvalue weighted by molar-refractivity contribution is 0.142. The van der Waals surface area contributed by atoms with E-state index in [1.807, 2.05) is 67.6 Å². The zero-order valence-corrected chi connectivity index (χ0v) is 21.2. The van der Waals surface area contributed by atoms with Gasteiger partial charge in [-0.3, -0.25) is 0 Å². The fourth-order valence-electron chi connectivity index (χ4n) is 3.94. The van der Waals surface area contributed by atoms with Gasteiger partial charge in [0, 0.05) is 24.4 Å². The minimum atomic E-state index is -0.287. The molecule has 6 heteroatoms. The normalized spacial score (nSPS) is 14.4. The summed E-state index contributed by atoms with van der Waals surface area (Å²) in [6.07, 6.45) is 4.73. The van der Waals surface area contributed by atoms with Crippen LogP contribution in [0.2, 0.25) is 5.02 Å². The Bertz CT molecular complexity index is 1310. The van der Waals surface area contributed by atoms with Crippen molar-refractivity contribution >= 4 is 29.1 Å². The van der Waals surface area contributed by atoms with Crippen LogP contribution in [-0.2, 0) is 0 Å². The second-order valence-electron chi connectivity index (χ2n) is 8.85. The van der Waals surface area contributed by atoms with Crippen LogP contribution < -0.4 is 10.5 Å². The molecule has 184 valence electrons. The molecule has 0 atom stereocenters. The Kier molecular flexibility index (Phi) is 8.24. The summed E-state index contributed by atoms with van der Waals surface area (Å²) in [4.78, 5) is 19.0. The van der Waals surface area contributed by atoms with Crippen molar-refractivity contribution in [3.63, 3.8) is 0 Å². The molecule has 36 heavy (non-hydrogen) atoms. The van der Waals surface area contributed by atoms with Crippen LogP contribution in [0.1, 0.15) is 31.7 Å². The molecule has 4 rings (SSSR count). The Labute approximate surface area is 217 Å². The number of benzene rings is 3. The van der Waals surface area contributed by atoms with Gasteiger partial charge in [-0.05, 0) is 73.2 Å². The van der Waals surface area contributed by atoms with Gasteiger partial charge in [-0.1, -0.05) is 66.7 Å². The number of likely N-dealkylation sites (tertiary alicyclic amines) is 1. The Balaban J connectivity index is 1.59. The van der Waals surface area contributed by atoms with Gasteiger partial charge in [-0.15, -0.1) is 0 Å². The highest BCUT2D eigenvalue weighted by atomic mass is 35.5. The van der Waals surface area contributed by atoms with Crippen molar-refractivity contribution in [2.24, 2.45) is 10.7 Å². The van der Waals surface area contributed by atoms with E-state index < -0.39 is 0 Å². The molecule has 0 bridgehead atoms. The molecular weight excluding hydrogens is 470 g/mol. The second kappa shape index (κ2) is 11.7. The number of piperidine rings is 1. The molecule has 1 amide bonds. The number of ether oxygens (including phenoxy) is 1. The second-order valence-corrected chi connectivity index (χ2v) is 9.26. The fourth-order valence-corrected chi connectivity index (χ4v) is 4.12. The molecule has 0 radical (unpaired) electrons. The van der Waals surface area contributed by atoms with E-state index in [1.54, 1.807) is 23.1 Å². The summed E-state index contributed by atoms with van der Waals surface area (Å²) in [6, 6.07) is 23.0. The molecule has 1 aliphatic rings. The van der Waals surface area contributed by atoms with Crippen molar-refractivity contribution < 1.29 is 9.53 Å². The summed E-state index contributed by atoms with van der Waals surface area (Å²) in [5, 5.41) is 0.560. The highest BCUT2D eigenvalue weighted by Gasteiger charge is 2.18. The largest absolute Gasteiger partial charge is 0.415 e. The Hall–Kier alpha value is -3.83. The molecule has 2 N–H and O–H groups in total. The molecule has 1 saturated heterocycles. The molecule has 3 aromatic carbocycles. The zero-order valence-electron chi connectivity index (χ0n) is 20.4. The number of carbonyl (C=O) groups excluding carboxylic acids is 1. The number of hydrogen-bond acceptors (Lipinski definition) is 4. The first-order chi connectivity index (χ1) is 17.4. The fraction of sp³-hybridized carbons (Fsp3) is 0.200. The Morgan fingerprint density at radius 3 is 2.42 bits per heavy atom. The third kappa shape index (κ3) is 6.43. The van der Waals surface area contributed by atoms with Crippen LogP contribution in [0.15, 0.2) is 102 Å². The van der Waals surface area contributed by atoms with Crippen molar-refractivity contribution in [2.75, 3.05) is 13.1 Å². The van der Waals surface area contributed by atoms with E-state index in [4.69, 9.17) is 27.1 Å². The minimum absolute atomic E-state index is 0.287. The van der Waals surface area contributed by atoms with E-state index in [1.165, 1.54) is 0 Å². The molecule has 5 nitrogen and oxygen atoms in total. The first-order valence-corrected chi connectivity index (χ1v) is 12.4. The molecule has 0 saturated carbocycles. The van der Waals surface area contributed by atoms with Gasteiger partial charge in [0.05, 0.1) is 16.4 Å². The molecule has 1 heterocycles. The lowest BCUT2D eigenvalue weighted by Crippen LogP contribution is -2.37. The number of amides is 1. The third-order valence-corrected chi connectivity index (χ3v) is 6.37.